The smallest absolute Gasteiger partial charge is 0.0640 e. The predicted octanol–water partition coefficient (Wildman–Crippen LogP) is -0.314. The van der Waals surface area contributed by atoms with Crippen molar-refractivity contribution in [3.63, 3.8) is 0 Å². The molecule has 2 rings (SSSR count). The van der Waals surface area contributed by atoms with Gasteiger partial charge in [-0.05, 0) is 6.92 Å². The van der Waals surface area contributed by atoms with E-state index < -0.39 is 0 Å². The van der Waals surface area contributed by atoms with Crippen LogP contribution in [0.25, 0.3) is 0 Å². The lowest BCUT2D eigenvalue weighted by Gasteiger charge is -2.29. The molecule has 1 aromatic heterocycles. The maximum atomic E-state index is 8.84. The van der Waals surface area contributed by atoms with Gasteiger partial charge in [-0.25, -0.2) is 0 Å². The first kappa shape index (κ1) is 14.5. The van der Waals surface area contributed by atoms with Crippen molar-refractivity contribution in [2.45, 2.75) is 26.1 Å². The molecule has 108 valence electrons. The Morgan fingerprint density at radius 1 is 1.47 bits per heavy atom. The molecule has 0 aromatic carbocycles. The van der Waals surface area contributed by atoms with Crippen LogP contribution in [-0.2, 0) is 17.8 Å². The van der Waals surface area contributed by atoms with Crippen LogP contribution in [0.15, 0.2) is 12.4 Å². The van der Waals surface area contributed by atoms with E-state index >= 15 is 0 Å². The Morgan fingerprint density at radius 3 is 3.00 bits per heavy atom. The van der Waals surface area contributed by atoms with E-state index in [0.717, 1.165) is 45.0 Å². The van der Waals surface area contributed by atoms with E-state index in [1.165, 1.54) is 0 Å². The first-order valence-electron chi connectivity index (χ1n) is 6.93. The zero-order valence-corrected chi connectivity index (χ0v) is 11.6. The Hall–Kier alpha value is -0.950. The number of aliphatic hydroxyl groups is 1. The van der Waals surface area contributed by atoms with Crippen molar-refractivity contribution >= 4 is 0 Å². The SMILES string of the molecule is CC(CN1CCOCC1)NCc1cnn(CCO)c1. The van der Waals surface area contributed by atoms with Gasteiger partial charge in [0.1, 0.15) is 0 Å². The summed E-state index contributed by atoms with van der Waals surface area (Å²) >= 11 is 0. The molecule has 0 radical (unpaired) electrons. The number of rotatable bonds is 7. The quantitative estimate of drug-likeness (QED) is 0.710. The number of hydrogen-bond acceptors (Lipinski definition) is 5. The summed E-state index contributed by atoms with van der Waals surface area (Å²) in [4.78, 5) is 2.43. The van der Waals surface area contributed by atoms with Gasteiger partial charge >= 0.3 is 0 Å². The molecular weight excluding hydrogens is 244 g/mol. The summed E-state index contributed by atoms with van der Waals surface area (Å²) in [7, 11) is 0. The second-order valence-electron chi connectivity index (χ2n) is 5.03. The molecule has 1 fully saturated rings. The number of aromatic nitrogens is 2. The molecular formula is C13H24N4O2. The Balaban J connectivity index is 1.68. The molecule has 1 aliphatic rings. The molecule has 1 aromatic rings. The number of nitrogens with zero attached hydrogens (tertiary/aromatic N) is 3. The van der Waals surface area contributed by atoms with Crippen LogP contribution in [0.3, 0.4) is 0 Å². The highest BCUT2D eigenvalue weighted by Gasteiger charge is 2.13. The molecule has 1 aliphatic heterocycles. The van der Waals surface area contributed by atoms with Gasteiger partial charge in [-0.1, -0.05) is 0 Å². The second-order valence-corrected chi connectivity index (χ2v) is 5.03. The summed E-state index contributed by atoms with van der Waals surface area (Å²) in [5, 5.41) is 16.5. The van der Waals surface area contributed by atoms with Crippen molar-refractivity contribution in [2.75, 3.05) is 39.5 Å². The molecule has 0 aliphatic carbocycles. The minimum atomic E-state index is 0.127. The van der Waals surface area contributed by atoms with Gasteiger partial charge in [0, 0.05) is 44.0 Å². The summed E-state index contributed by atoms with van der Waals surface area (Å²) in [6.45, 7) is 8.51. The first-order valence-corrected chi connectivity index (χ1v) is 6.93. The van der Waals surface area contributed by atoms with Gasteiger partial charge in [-0.15, -0.1) is 0 Å². The third kappa shape index (κ3) is 4.91. The van der Waals surface area contributed by atoms with Crippen LogP contribution in [0.5, 0.6) is 0 Å². The van der Waals surface area contributed by atoms with E-state index in [0.29, 0.717) is 12.6 Å². The fourth-order valence-corrected chi connectivity index (χ4v) is 2.25. The maximum absolute atomic E-state index is 8.84. The van der Waals surface area contributed by atoms with E-state index in [1.807, 2.05) is 12.4 Å². The van der Waals surface area contributed by atoms with Crippen LogP contribution in [0.4, 0.5) is 0 Å². The largest absolute Gasteiger partial charge is 0.394 e. The van der Waals surface area contributed by atoms with Gasteiger partial charge < -0.3 is 15.2 Å². The standard InChI is InChI=1S/C13H24N4O2/c1-12(10-16-3-6-19-7-4-16)14-8-13-9-15-17(11-13)2-5-18/h9,11-12,14,18H,2-8,10H2,1H3. The Morgan fingerprint density at radius 2 is 2.26 bits per heavy atom. The minimum absolute atomic E-state index is 0.127. The maximum Gasteiger partial charge on any atom is 0.0640 e. The number of ether oxygens (including phenoxy) is 1. The van der Waals surface area contributed by atoms with Crippen LogP contribution < -0.4 is 5.32 Å². The fraction of sp³-hybridized carbons (Fsp3) is 0.769. The highest BCUT2D eigenvalue weighted by atomic mass is 16.5. The van der Waals surface area contributed by atoms with E-state index in [1.54, 1.807) is 4.68 Å². The average Bonchev–Trinajstić information content (AvgIpc) is 2.86. The van der Waals surface area contributed by atoms with Crippen molar-refractivity contribution in [3.8, 4) is 0 Å². The summed E-state index contributed by atoms with van der Waals surface area (Å²) in [5.74, 6) is 0. The average molecular weight is 268 g/mol. The molecule has 0 bridgehead atoms. The summed E-state index contributed by atoms with van der Waals surface area (Å²) in [6.07, 6.45) is 3.83. The molecule has 0 amide bonds. The lowest BCUT2D eigenvalue weighted by Crippen LogP contribution is -2.44. The first-order chi connectivity index (χ1) is 9.28. The third-order valence-electron chi connectivity index (χ3n) is 3.31. The topological polar surface area (TPSA) is 62.5 Å². The molecule has 1 atom stereocenters. The highest BCUT2D eigenvalue weighted by molar-refractivity contribution is 5.03. The molecule has 2 N–H and O–H groups in total. The summed E-state index contributed by atoms with van der Waals surface area (Å²) < 4.78 is 7.11. The Kier molecular flexibility index (Phi) is 5.78. The Labute approximate surface area is 114 Å². The van der Waals surface area contributed by atoms with E-state index in [2.05, 4.69) is 22.2 Å². The van der Waals surface area contributed by atoms with E-state index in [4.69, 9.17) is 9.84 Å². The second kappa shape index (κ2) is 7.59. The van der Waals surface area contributed by atoms with Crippen LogP contribution in [0, 0.1) is 0 Å². The molecule has 6 heteroatoms. The number of hydrogen-bond donors (Lipinski definition) is 2. The van der Waals surface area contributed by atoms with Gasteiger partial charge in [0.25, 0.3) is 0 Å². The predicted molar refractivity (Wildman–Crippen MR) is 72.9 cm³/mol. The monoisotopic (exact) mass is 268 g/mol. The molecule has 6 nitrogen and oxygen atoms in total. The van der Waals surface area contributed by atoms with E-state index in [9.17, 15) is 0 Å². The van der Waals surface area contributed by atoms with Crippen LogP contribution >= 0.6 is 0 Å². The summed E-state index contributed by atoms with van der Waals surface area (Å²) in [6, 6.07) is 0.444. The van der Waals surface area contributed by atoms with Gasteiger partial charge in [0.2, 0.25) is 0 Å². The van der Waals surface area contributed by atoms with Crippen molar-refractivity contribution in [1.82, 2.24) is 20.0 Å². The van der Waals surface area contributed by atoms with Crippen molar-refractivity contribution in [3.05, 3.63) is 18.0 Å². The van der Waals surface area contributed by atoms with Gasteiger partial charge in [0.15, 0.2) is 0 Å². The third-order valence-corrected chi connectivity index (χ3v) is 3.31. The van der Waals surface area contributed by atoms with Crippen molar-refractivity contribution < 1.29 is 9.84 Å². The molecule has 19 heavy (non-hydrogen) atoms. The van der Waals surface area contributed by atoms with Gasteiger partial charge in [0.05, 0.1) is 32.6 Å². The van der Waals surface area contributed by atoms with Crippen molar-refractivity contribution in [2.24, 2.45) is 0 Å². The molecule has 1 unspecified atom stereocenters. The molecule has 1 saturated heterocycles. The van der Waals surface area contributed by atoms with Gasteiger partial charge in [-0.3, -0.25) is 9.58 Å². The van der Waals surface area contributed by atoms with Crippen LogP contribution in [0.1, 0.15) is 12.5 Å². The van der Waals surface area contributed by atoms with E-state index in [-0.39, 0.29) is 6.61 Å². The highest BCUT2D eigenvalue weighted by Crippen LogP contribution is 2.01. The lowest BCUT2D eigenvalue weighted by atomic mass is 10.2. The zero-order chi connectivity index (χ0) is 13.5. The number of morpholine rings is 1. The number of nitrogens with one attached hydrogen (secondary N) is 1. The summed E-state index contributed by atoms with van der Waals surface area (Å²) in [5.41, 5.74) is 1.15. The van der Waals surface area contributed by atoms with Crippen LogP contribution in [0.2, 0.25) is 0 Å². The molecule has 0 spiro atoms. The minimum Gasteiger partial charge on any atom is -0.394 e. The fourth-order valence-electron chi connectivity index (χ4n) is 2.25. The van der Waals surface area contributed by atoms with Gasteiger partial charge in [-0.2, -0.15) is 5.10 Å². The Bertz CT molecular complexity index is 363. The van der Waals surface area contributed by atoms with Crippen LogP contribution in [-0.4, -0.2) is 65.3 Å². The molecule has 0 saturated carbocycles. The molecule has 2 heterocycles. The number of aliphatic hydroxyl groups excluding tert-OH is 1. The zero-order valence-electron chi connectivity index (χ0n) is 11.6. The lowest BCUT2D eigenvalue weighted by molar-refractivity contribution is 0.0343. The van der Waals surface area contributed by atoms with Crippen molar-refractivity contribution in [1.29, 1.82) is 0 Å². The normalized spacial score (nSPS) is 18.6.